The molecular weight excluding hydrogens is 272 g/mol. The highest BCUT2D eigenvalue weighted by atomic mass is 16.7. The van der Waals surface area contributed by atoms with E-state index >= 15 is 0 Å². The van der Waals surface area contributed by atoms with Crippen molar-refractivity contribution in [2.45, 2.75) is 38.1 Å². The monoisotopic (exact) mass is 292 g/mol. The molecule has 0 unspecified atom stereocenters. The summed E-state index contributed by atoms with van der Waals surface area (Å²) in [6, 6.07) is 7.59. The molecule has 1 saturated heterocycles. The van der Waals surface area contributed by atoms with E-state index in [-0.39, 0.29) is 18.8 Å². The first-order valence-corrected chi connectivity index (χ1v) is 6.79. The number of methoxy groups -OCH3 is 1. The molecule has 1 fully saturated rings. The van der Waals surface area contributed by atoms with Gasteiger partial charge in [0.25, 0.3) is 0 Å². The molecule has 1 N–H and O–H groups in total. The number of terminal acetylenes is 1. The summed E-state index contributed by atoms with van der Waals surface area (Å²) in [5.41, 5.74) is 1.00. The lowest BCUT2D eigenvalue weighted by molar-refractivity contribution is -0.139. The van der Waals surface area contributed by atoms with E-state index in [4.69, 9.17) is 25.4 Å². The summed E-state index contributed by atoms with van der Waals surface area (Å²) in [5, 5.41) is 9.81. The topological polar surface area (TPSA) is 57.2 Å². The normalized spacial score (nSPS) is 28.3. The molecule has 5 nitrogen and oxygen atoms in total. The van der Waals surface area contributed by atoms with Gasteiger partial charge < -0.3 is 24.1 Å². The van der Waals surface area contributed by atoms with Gasteiger partial charge in [0.1, 0.15) is 24.6 Å². The van der Waals surface area contributed by atoms with Crippen LogP contribution in [0.15, 0.2) is 24.3 Å². The van der Waals surface area contributed by atoms with Gasteiger partial charge in [0.15, 0.2) is 6.29 Å². The largest absolute Gasteiger partial charge is 0.497 e. The number of hydrogen-bond acceptors (Lipinski definition) is 5. The van der Waals surface area contributed by atoms with Crippen molar-refractivity contribution in [3.8, 4) is 18.1 Å². The third kappa shape index (κ3) is 3.96. The first-order chi connectivity index (χ1) is 10.2. The first-order valence-electron chi connectivity index (χ1n) is 6.79. The fraction of sp³-hybridized carbons (Fsp3) is 0.500. The SMILES string of the molecule is C#CCO[C@@H]1[C@@H](OCc2ccc(OC)cc2)[C@H](C)O[C@H]1O. The molecule has 0 bridgehead atoms. The number of benzene rings is 1. The molecule has 4 atom stereocenters. The van der Waals surface area contributed by atoms with E-state index in [0.29, 0.717) is 6.61 Å². The second-order valence-corrected chi connectivity index (χ2v) is 4.84. The predicted octanol–water partition coefficient (Wildman–Crippen LogP) is 1.34. The van der Waals surface area contributed by atoms with Crippen molar-refractivity contribution in [1.82, 2.24) is 0 Å². The summed E-state index contributed by atoms with van der Waals surface area (Å²) in [6.45, 7) is 2.34. The van der Waals surface area contributed by atoms with E-state index in [2.05, 4.69) is 5.92 Å². The van der Waals surface area contributed by atoms with Crippen LogP contribution in [0.4, 0.5) is 0 Å². The molecule has 5 heteroatoms. The van der Waals surface area contributed by atoms with E-state index in [9.17, 15) is 5.11 Å². The predicted molar refractivity (Wildman–Crippen MR) is 76.7 cm³/mol. The summed E-state index contributed by atoms with van der Waals surface area (Å²) in [4.78, 5) is 0. The maximum Gasteiger partial charge on any atom is 0.184 e. The lowest BCUT2D eigenvalue weighted by Gasteiger charge is -2.21. The van der Waals surface area contributed by atoms with Gasteiger partial charge in [-0.2, -0.15) is 0 Å². The Balaban J connectivity index is 1.94. The number of ether oxygens (including phenoxy) is 4. The average molecular weight is 292 g/mol. The summed E-state index contributed by atoms with van der Waals surface area (Å²) < 4.78 is 21.7. The molecule has 0 radical (unpaired) electrons. The van der Waals surface area contributed by atoms with Crippen LogP contribution in [0, 0.1) is 12.3 Å². The van der Waals surface area contributed by atoms with Crippen LogP contribution in [0.5, 0.6) is 5.75 Å². The molecule has 1 aromatic carbocycles. The Morgan fingerprint density at radius 3 is 2.57 bits per heavy atom. The van der Waals surface area contributed by atoms with E-state index in [1.165, 1.54) is 0 Å². The van der Waals surface area contributed by atoms with E-state index in [1.54, 1.807) is 7.11 Å². The summed E-state index contributed by atoms with van der Waals surface area (Å²) in [5.74, 6) is 3.17. The lowest BCUT2D eigenvalue weighted by Crippen LogP contribution is -2.37. The molecular formula is C16H20O5. The molecule has 0 saturated carbocycles. The zero-order valence-corrected chi connectivity index (χ0v) is 12.2. The van der Waals surface area contributed by atoms with E-state index < -0.39 is 12.4 Å². The zero-order valence-electron chi connectivity index (χ0n) is 12.2. The minimum atomic E-state index is -1.02. The van der Waals surface area contributed by atoms with Gasteiger partial charge in [-0.25, -0.2) is 0 Å². The van der Waals surface area contributed by atoms with Crippen LogP contribution in [0.2, 0.25) is 0 Å². The van der Waals surface area contributed by atoms with Crippen LogP contribution in [-0.4, -0.2) is 43.4 Å². The highest BCUT2D eigenvalue weighted by Gasteiger charge is 2.43. The molecule has 114 valence electrons. The quantitative estimate of drug-likeness (QED) is 0.802. The van der Waals surface area contributed by atoms with Gasteiger partial charge in [0.2, 0.25) is 0 Å². The molecule has 1 aliphatic rings. The zero-order chi connectivity index (χ0) is 15.2. The summed E-state index contributed by atoms with van der Waals surface area (Å²) in [6.07, 6.45) is 2.95. The van der Waals surface area contributed by atoms with Crippen molar-refractivity contribution in [2.75, 3.05) is 13.7 Å². The smallest absolute Gasteiger partial charge is 0.184 e. The maximum absolute atomic E-state index is 9.81. The highest BCUT2D eigenvalue weighted by molar-refractivity contribution is 5.26. The van der Waals surface area contributed by atoms with Gasteiger partial charge in [0, 0.05) is 0 Å². The Morgan fingerprint density at radius 2 is 1.95 bits per heavy atom. The third-order valence-corrected chi connectivity index (χ3v) is 3.38. The second-order valence-electron chi connectivity index (χ2n) is 4.84. The van der Waals surface area contributed by atoms with Gasteiger partial charge in [0.05, 0.1) is 19.8 Å². The van der Waals surface area contributed by atoms with Gasteiger partial charge >= 0.3 is 0 Å². The Hall–Kier alpha value is -1.58. The Labute approximate surface area is 124 Å². The van der Waals surface area contributed by atoms with Gasteiger partial charge in [-0.15, -0.1) is 6.42 Å². The number of aliphatic hydroxyl groups excluding tert-OH is 1. The standard InChI is InChI=1S/C16H20O5/c1-4-9-19-15-14(11(2)21-16(15)17)20-10-12-5-7-13(18-3)8-6-12/h1,5-8,11,14-17H,9-10H2,2-3H3/t11-,14-,15+,16+/m0/s1. The molecule has 1 aliphatic heterocycles. The molecule has 1 heterocycles. The minimum absolute atomic E-state index is 0.111. The van der Waals surface area contributed by atoms with Crippen molar-refractivity contribution in [2.24, 2.45) is 0 Å². The molecule has 21 heavy (non-hydrogen) atoms. The lowest BCUT2D eigenvalue weighted by atomic mass is 10.1. The van der Waals surface area contributed by atoms with Crippen LogP contribution >= 0.6 is 0 Å². The Kier molecular flexibility index (Phi) is 5.59. The number of aliphatic hydroxyl groups is 1. The number of hydrogen-bond donors (Lipinski definition) is 1. The Morgan fingerprint density at radius 1 is 1.24 bits per heavy atom. The molecule has 0 aromatic heterocycles. The van der Waals surface area contributed by atoms with Gasteiger partial charge in [-0.3, -0.25) is 0 Å². The van der Waals surface area contributed by atoms with Crippen LogP contribution in [0.1, 0.15) is 12.5 Å². The molecule has 2 rings (SSSR count). The second kappa shape index (κ2) is 7.43. The van der Waals surface area contributed by atoms with Crippen molar-refractivity contribution < 1.29 is 24.1 Å². The van der Waals surface area contributed by atoms with Gasteiger partial charge in [-0.1, -0.05) is 18.1 Å². The van der Waals surface area contributed by atoms with Gasteiger partial charge in [-0.05, 0) is 24.6 Å². The number of rotatable bonds is 6. The van der Waals surface area contributed by atoms with E-state index in [1.807, 2.05) is 31.2 Å². The first kappa shape index (κ1) is 15.8. The fourth-order valence-electron chi connectivity index (χ4n) is 2.27. The molecule has 0 aliphatic carbocycles. The van der Waals surface area contributed by atoms with Crippen molar-refractivity contribution in [3.63, 3.8) is 0 Å². The fourth-order valence-corrected chi connectivity index (χ4v) is 2.27. The molecule has 0 spiro atoms. The minimum Gasteiger partial charge on any atom is -0.497 e. The van der Waals surface area contributed by atoms with E-state index in [0.717, 1.165) is 11.3 Å². The molecule has 1 aromatic rings. The van der Waals surface area contributed by atoms with Crippen LogP contribution in [-0.2, 0) is 20.8 Å². The van der Waals surface area contributed by atoms with Crippen LogP contribution < -0.4 is 4.74 Å². The third-order valence-electron chi connectivity index (χ3n) is 3.38. The van der Waals surface area contributed by atoms with Crippen LogP contribution in [0.3, 0.4) is 0 Å². The summed E-state index contributed by atoms with van der Waals surface area (Å²) in [7, 11) is 1.62. The molecule has 0 amide bonds. The average Bonchev–Trinajstić information content (AvgIpc) is 2.77. The van der Waals surface area contributed by atoms with Crippen molar-refractivity contribution >= 4 is 0 Å². The summed E-state index contributed by atoms with van der Waals surface area (Å²) >= 11 is 0. The Bertz CT molecular complexity index is 478. The maximum atomic E-state index is 9.81. The highest BCUT2D eigenvalue weighted by Crippen LogP contribution is 2.26. The van der Waals surface area contributed by atoms with Crippen molar-refractivity contribution in [1.29, 1.82) is 0 Å². The van der Waals surface area contributed by atoms with Crippen LogP contribution in [0.25, 0.3) is 0 Å². The van der Waals surface area contributed by atoms with Crippen molar-refractivity contribution in [3.05, 3.63) is 29.8 Å².